The summed E-state index contributed by atoms with van der Waals surface area (Å²) >= 11 is 0. The first-order chi connectivity index (χ1) is 1.91. The number of rotatable bonds is 1. The minimum absolute atomic E-state index is 0. The monoisotopic (exact) mass is 121 g/mol. The second-order valence-electron chi connectivity index (χ2n) is 0.455. The number of aldehydes is 1. The first-order valence-electron chi connectivity index (χ1n) is 1.14. The van der Waals surface area contributed by atoms with Crippen molar-refractivity contribution in [2.45, 2.75) is 6.42 Å². The number of hydrogen-bond donors (Lipinski definition) is 0. The molecule has 0 aromatic carbocycles. The first kappa shape index (κ1) is 9.00. The van der Waals surface area contributed by atoms with Crippen molar-refractivity contribution in [3.05, 3.63) is 6.92 Å². The Balaban J connectivity index is 0. The zero-order valence-electron chi connectivity index (χ0n) is 3.11. The normalized spacial score (nSPS) is 5.00. The summed E-state index contributed by atoms with van der Waals surface area (Å²) < 4.78 is 0. The van der Waals surface area contributed by atoms with Crippen LogP contribution in [0.4, 0.5) is 0 Å². The summed E-state index contributed by atoms with van der Waals surface area (Å²) in [4.78, 5) is 9.11. The van der Waals surface area contributed by atoms with Gasteiger partial charge >= 0.3 is 0 Å². The Bertz CT molecular complexity index is 20.9. The van der Waals surface area contributed by atoms with Crippen LogP contribution in [0.3, 0.4) is 0 Å². The summed E-state index contributed by atoms with van der Waals surface area (Å²) in [6, 6.07) is 0. The van der Waals surface area contributed by atoms with E-state index in [1.54, 1.807) is 0 Å². The minimum Gasteiger partial charge on any atom is -0.337 e. The van der Waals surface area contributed by atoms with Gasteiger partial charge < -0.3 is 11.7 Å². The van der Waals surface area contributed by atoms with E-state index in [0.717, 1.165) is 6.29 Å². The number of carbonyl (C=O) groups excluding carboxylic acids is 1. The fourth-order valence-electron chi connectivity index (χ4n) is 0. The standard InChI is InChI=1S/C3H5O.Zn/c1-2-3-4;/h3H,1-2H2;/q-1;. The number of carbonyl (C=O) groups is 1. The summed E-state index contributed by atoms with van der Waals surface area (Å²) in [5, 5.41) is 0. The molecule has 1 nitrogen and oxygen atoms in total. The molecule has 0 radical (unpaired) electrons. The molecule has 0 rings (SSSR count). The third kappa shape index (κ3) is 13.5. The van der Waals surface area contributed by atoms with E-state index in [9.17, 15) is 0 Å². The quantitative estimate of drug-likeness (QED) is 0.280. The second kappa shape index (κ2) is 8.85. The fraction of sp³-hybridized carbons (Fsp3) is 0.333. The predicted octanol–water partition coefficient (Wildman–Crippen LogP) is 0.407. The van der Waals surface area contributed by atoms with Gasteiger partial charge in [-0.3, -0.25) is 0 Å². The van der Waals surface area contributed by atoms with Crippen LogP contribution in [0.25, 0.3) is 0 Å². The summed E-state index contributed by atoms with van der Waals surface area (Å²) in [5.74, 6) is 0. The number of hydrogen-bond acceptors (Lipinski definition) is 1. The molecule has 0 heterocycles. The van der Waals surface area contributed by atoms with Crippen molar-refractivity contribution in [1.29, 1.82) is 0 Å². The van der Waals surface area contributed by atoms with Gasteiger partial charge in [-0.2, -0.15) is 0 Å². The van der Waals surface area contributed by atoms with Gasteiger partial charge in [0.15, 0.2) is 0 Å². The summed E-state index contributed by atoms with van der Waals surface area (Å²) in [6.45, 7) is 3.24. The Morgan fingerprint density at radius 1 is 1.80 bits per heavy atom. The van der Waals surface area contributed by atoms with Crippen LogP contribution < -0.4 is 0 Å². The Morgan fingerprint density at radius 2 is 2.00 bits per heavy atom. The Kier molecular flexibility index (Phi) is 15.9. The topological polar surface area (TPSA) is 17.1 Å². The van der Waals surface area contributed by atoms with Gasteiger partial charge in [0, 0.05) is 19.5 Å². The molecule has 0 unspecified atom stereocenters. The molecule has 0 aromatic rings. The van der Waals surface area contributed by atoms with Crippen LogP contribution >= 0.6 is 0 Å². The molecule has 5 heavy (non-hydrogen) atoms. The molecule has 0 bridgehead atoms. The van der Waals surface area contributed by atoms with E-state index in [2.05, 4.69) is 6.92 Å². The van der Waals surface area contributed by atoms with E-state index in [4.69, 9.17) is 4.79 Å². The molecule has 0 aliphatic carbocycles. The maximum Gasteiger partial charge on any atom is 0.0898 e. The maximum absolute atomic E-state index is 9.11. The van der Waals surface area contributed by atoms with Gasteiger partial charge in [0.2, 0.25) is 0 Å². The van der Waals surface area contributed by atoms with Crippen LogP contribution in [0.5, 0.6) is 0 Å². The Labute approximate surface area is 44.5 Å². The van der Waals surface area contributed by atoms with Crippen molar-refractivity contribution in [2.75, 3.05) is 0 Å². The molecule has 0 N–H and O–H groups in total. The van der Waals surface area contributed by atoms with Gasteiger partial charge in [0.25, 0.3) is 0 Å². The zero-order valence-corrected chi connectivity index (χ0v) is 6.07. The predicted molar refractivity (Wildman–Crippen MR) is 16.0 cm³/mol. The molecule has 0 aliphatic heterocycles. The first-order valence-corrected chi connectivity index (χ1v) is 1.14. The van der Waals surface area contributed by atoms with E-state index in [1.165, 1.54) is 0 Å². The van der Waals surface area contributed by atoms with E-state index >= 15 is 0 Å². The minimum atomic E-state index is 0. The molecule has 0 atom stereocenters. The van der Waals surface area contributed by atoms with Crippen LogP contribution in [-0.2, 0) is 24.3 Å². The molecule has 0 saturated carbocycles. The fourth-order valence-corrected chi connectivity index (χ4v) is 0. The molecule has 0 amide bonds. The molecule has 0 saturated heterocycles. The molecular formula is C3H5OZn-. The molecule has 26 valence electrons. The molecule has 0 aliphatic rings. The second-order valence-corrected chi connectivity index (χ2v) is 0.455. The molecular weight excluding hydrogens is 117 g/mol. The van der Waals surface area contributed by atoms with Crippen molar-refractivity contribution < 1.29 is 24.3 Å². The van der Waals surface area contributed by atoms with Gasteiger partial charge in [-0.15, -0.1) is 6.42 Å². The molecule has 0 fully saturated rings. The van der Waals surface area contributed by atoms with Crippen LogP contribution in [-0.4, -0.2) is 6.29 Å². The van der Waals surface area contributed by atoms with Crippen molar-refractivity contribution in [2.24, 2.45) is 0 Å². The van der Waals surface area contributed by atoms with Crippen LogP contribution in [0.15, 0.2) is 0 Å². The van der Waals surface area contributed by atoms with E-state index in [-0.39, 0.29) is 19.5 Å². The summed E-state index contributed by atoms with van der Waals surface area (Å²) in [7, 11) is 0. The van der Waals surface area contributed by atoms with Gasteiger partial charge in [-0.1, -0.05) is 0 Å². The largest absolute Gasteiger partial charge is 0.337 e. The molecule has 0 aromatic heterocycles. The molecule has 0 spiro atoms. The Hall–Kier alpha value is 0.293. The van der Waals surface area contributed by atoms with E-state index in [1.807, 2.05) is 0 Å². The van der Waals surface area contributed by atoms with Crippen molar-refractivity contribution in [1.82, 2.24) is 0 Å². The van der Waals surface area contributed by atoms with Gasteiger partial charge in [0.1, 0.15) is 0 Å². The summed E-state index contributed by atoms with van der Waals surface area (Å²) in [6.07, 6.45) is 1.15. The van der Waals surface area contributed by atoms with E-state index in [0.29, 0.717) is 6.42 Å². The summed E-state index contributed by atoms with van der Waals surface area (Å²) in [5.41, 5.74) is 0. The van der Waals surface area contributed by atoms with Crippen molar-refractivity contribution >= 4 is 6.29 Å². The van der Waals surface area contributed by atoms with E-state index < -0.39 is 0 Å². The zero-order chi connectivity index (χ0) is 3.41. The SMILES string of the molecule is [CH2-]CC=O.[Zn]. The van der Waals surface area contributed by atoms with Crippen LogP contribution in [0.2, 0.25) is 0 Å². The smallest absolute Gasteiger partial charge is 0.0898 e. The third-order valence-electron chi connectivity index (χ3n) is 0.118. The maximum atomic E-state index is 9.11. The average molecular weight is 122 g/mol. The van der Waals surface area contributed by atoms with Crippen molar-refractivity contribution in [3.63, 3.8) is 0 Å². The Morgan fingerprint density at radius 3 is 2.00 bits per heavy atom. The van der Waals surface area contributed by atoms with Crippen molar-refractivity contribution in [3.8, 4) is 0 Å². The van der Waals surface area contributed by atoms with Gasteiger partial charge in [0.05, 0.1) is 6.29 Å². The van der Waals surface area contributed by atoms with Crippen LogP contribution in [0.1, 0.15) is 6.42 Å². The third-order valence-corrected chi connectivity index (χ3v) is 0.118. The van der Waals surface area contributed by atoms with Crippen LogP contribution in [0, 0.1) is 6.92 Å². The van der Waals surface area contributed by atoms with Gasteiger partial charge in [-0.25, -0.2) is 0 Å². The average Bonchev–Trinajstić information content (AvgIpc) is 1.37. The van der Waals surface area contributed by atoms with Gasteiger partial charge in [-0.05, 0) is 0 Å². The molecule has 2 heteroatoms.